The summed E-state index contributed by atoms with van der Waals surface area (Å²) < 4.78 is 1.54. The molecule has 1 aliphatic rings. The molecule has 0 bridgehead atoms. The Kier molecular flexibility index (Phi) is 15.7. The van der Waals surface area contributed by atoms with Crippen molar-refractivity contribution in [2.75, 3.05) is 0 Å². The molecule has 2 heteroatoms. The Bertz CT molecular complexity index is 1290. The molecule has 44 heavy (non-hydrogen) atoms. The Morgan fingerprint density at radius 3 is 1.34 bits per heavy atom. The third kappa shape index (κ3) is 10.1. The minimum atomic E-state index is 0.867. The maximum atomic E-state index is 12.3. The van der Waals surface area contributed by atoms with Gasteiger partial charge in [-0.2, -0.15) is 0 Å². The largest absolute Gasteiger partial charge is 0.493 e. The second-order valence-corrected chi connectivity index (χ2v) is 12.9. The van der Waals surface area contributed by atoms with Crippen molar-refractivity contribution in [3.63, 3.8) is 0 Å². The van der Waals surface area contributed by atoms with E-state index in [0.29, 0.717) is 0 Å². The minimum Gasteiger partial charge on any atom is -0.493 e. The lowest BCUT2D eigenvalue weighted by molar-refractivity contribution is -0.345. The molecule has 0 aromatic heterocycles. The molecule has 0 radical (unpaired) electrons. The van der Waals surface area contributed by atoms with Crippen molar-refractivity contribution in [3.8, 4) is 11.8 Å². The molecular weight excluding hydrogens is 532 g/mol. The normalized spacial score (nSPS) is 13.2. The summed E-state index contributed by atoms with van der Waals surface area (Å²) in [6.07, 6.45) is 20.1. The van der Waals surface area contributed by atoms with Crippen molar-refractivity contribution >= 4 is 11.4 Å². The van der Waals surface area contributed by atoms with Crippen molar-refractivity contribution in [2.24, 2.45) is 0 Å². The lowest BCUT2D eigenvalue weighted by Gasteiger charge is -2.14. The van der Waals surface area contributed by atoms with Crippen LogP contribution in [0.3, 0.4) is 0 Å². The van der Waals surface area contributed by atoms with E-state index in [1.54, 1.807) is 4.70 Å². The summed E-state index contributed by atoms with van der Waals surface area (Å²) in [6, 6.07) is 14.2. The van der Waals surface area contributed by atoms with Crippen LogP contribution >= 0.6 is 0 Å². The molecule has 3 rings (SSSR count). The number of benzene rings is 2. The molecule has 0 spiro atoms. The molecule has 2 aromatic carbocycles. The number of hydrogen-bond acceptors (Lipinski definition) is 0. The number of unbranched alkanes of at least 4 members (excludes halogenated alkanes) is 7. The zero-order valence-corrected chi connectivity index (χ0v) is 29.1. The zero-order chi connectivity index (χ0) is 31.7. The van der Waals surface area contributed by atoms with E-state index in [-0.39, 0.29) is 0 Å². The second kappa shape index (κ2) is 19.5. The molecule has 0 amide bonds. The van der Waals surface area contributed by atoms with Gasteiger partial charge in [0, 0.05) is 23.1 Å². The van der Waals surface area contributed by atoms with E-state index in [1.807, 2.05) is 0 Å². The number of hydrogen-bond donors (Lipinski definition) is 0. The van der Waals surface area contributed by atoms with E-state index < -0.39 is 0 Å². The lowest BCUT2D eigenvalue weighted by Crippen LogP contribution is -2.05. The summed E-state index contributed by atoms with van der Waals surface area (Å²) in [4.78, 5) is 0. The molecular formula is C42H60N2. The average molecular weight is 593 g/mol. The highest BCUT2D eigenvalue weighted by atomic mass is 15.2. The summed E-state index contributed by atoms with van der Waals surface area (Å²) in [7, 11) is 0. The van der Waals surface area contributed by atoms with Crippen LogP contribution < -0.4 is 0 Å². The predicted molar refractivity (Wildman–Crippen MR) is 192 cm³/mol. The molecule has 0 saturated carbocycles. The van der Waals surface area contributed by atoms with Gasteiger partial charge in [0.1, 0.15) is 5.57 Å². The highest BCUT2D eigenvalue weighted by molar-refractivity contribution is 5.86. The second-order valence-electron chi connectivity index (χ2n) is 12.9. The monoisotopic (exact) mass is 592 g/mol. The van der Waals surface area contributed by atoms with Gasteiger partial charge in [0.15, 0.2) is 0 Å². The van der Waals surface area contributed by atoms with Crippen LogP contribution in [0.4, 0.5) is 0 Å². The van der Waals surface area contributed by atoms with Gasteiger partial charge in [-0.15, -0.1) is 0 Å². The van der Waals surface area contributed by atoms with Gasteiger partial charge in [-0.25, -0.2) is 4.70 Å². The van der Waals surface area contributed by atoms with Crippen LogP contribution in [0.2, 0.25) is 0 Å². The summed E-state index contributed by atoms with van der Waals surface area (Å²) in [5.74, 6) is 7.12. The van der Waals surface area contributed by atoms with Gasteiger partial charge in [0.2, 0.25) is 11.4 Å². The first-order valence-corrected chi connectivity index (χ1v) is 18.2. The Morgan fingerprint density at radius 2 is 0.932 bits per heavy atom. The van der Waals surface area contributed by atoms with E-state index in [0.717, 1.165) is 79.5 Å². The molecule has 0 fully saturated rings. The maximum Gasteiger partial charge on any atom is 0.223 e. The van der Waals surface area contributed by atoms with Crippen LogP contribution in [0.25, 0.3) is 16.9 Å². The number of nitrogens with zero attached hydrogens (tertiary/aromatic N) is 2. The third-order valence-electron chi connectivity index (χ3n) is 8.79. The van der Waals surface area contributed by atoms with Gasteiger partial charge >= 0.3 is 0 Å². The topological polar surface area (TPSA) is 25.3 Å². The molecule has 1 heterocycles. The van der Waals surface area contributed by atoms with Crippen LogP contribution in [0, 0.1) is 11.8 Å². The van der Waals surface area contributed by atoms with Crippen LogP contribution in [0.15, 0.2) is 47.5 Å². The van der Waals surface area contributed by atoms with Gasteiger partial charge in [-0.1, -0.05) is 104 Å². The van der Waals surface area contributed by atoms with Gasteiger partial charge in [-0.3, -0.25) is 0 Å². The number of aryl methyl sites for hydroxylation is 4. The van der Waals surface area contributed by atoms with Crippen molar-refractivity contribution in [2.45, 2.75) is 157 Å². The molecule has 2 nitrogen and oxygen atoms in total. The van der Waals surface area contributed by atoms with Gasteiger partial charge in [-0.05, 0) is 117 Å². The molecule has 0 unspecified atom stereocenters. The molecule has 0 N–H and O–H groups in total. The molecule has 1 aliphatic heterocycles. The van der Waals surface area contributed by atoms with Crippen LogP contribution in [-0.4, -0.2) is 4.70 Å². The fourth-order valence-electron chi connectivity index (χ4n) is 6.28. The molecule has 238 valence electrons. The Balaban J connectivity index is 2.27. The Labute approximate surface area is 270 Å². The first kappa shape index (κ1) is 35.6. The SMILES string of the molecule is CCCC#CC1=C(c2cc(CCCC)cc(CCCC)c2)[N+](=[N-])C(c2cc(CCCC)cc(CCCC)c2)=C1CCCCC. The Hall–Kier alpha value is -2.92. The van der Waals surface area contributed by atoms with E-state index in [2.05, 4.69) is 89.8 Å². The quantitative estimate of drug-likeness (QED) is 0.0881. The molecule has 0 atom stereocenters. The van der Waals surface area contributed by atoms with E-state index in [1.165, 1.54) is 92.0 Å². The zero-order valence-electron chi connectivity index (χ0n) is 29.1. The predicted octanol–water partition coefficient (Wildman–Crippen LogP) is 12.6. The van der Waals surface area contributed by atoms with E-state index in [4.69, 9.17) is 0 Å². The number of allylic oxidation sites excluding steroid dienone is 2. The van der Waals surface area contributed by atoms with Gasteiger partial charge in [0.05, 0.1) is 0 Å². The molecule has 0 saturated heterocycles. The third-order valence-corrected chi connectivity index (χ3v) is 8.79. The molecule has 0 aliphatic carbocycles. The standard InChI is InChI=1S/C42H60N2/c1-7-13-19-25-39-40(26-20-14-8-2)42(38-31-35(23-17-11-5)28-36(32-38)24-18-12-6)44(43)41(39)37-29-33(21-15-9-3)27-34(30-37)22-16-10-4/h27-32H,7-19,21-25H2,1-6H3. The fourth-order valence-corrected chi connectivity index (χ4v) is 6.28. The van der Waals surface area contributed by atoms with Crippen LogP contribution in [-0.2, 0) is 25.7 Å². The van der Waals surface area contributed by atoms with Crippen molar-refractivity contribution in [1.82, 2.24) is 0 Å². The van der Waals surface area contributed by atoms with E-state index >= 15 is 0 Å². The van der Waals surface area contributed by atoms with Crippen molar-refractivity contribution < 1.29 is 4.70 Å². The minimum absolute atomic E-state index is 0.867. The number of rotatable bonds is 19. The van der Waals surface area contributed by atoms with Crippen molar-refractivity contribution in [1.29, 1.82) is 0 Å². The first-order valence-electron chi connectivity index (χ1n) is 18.2. The average Bonchev–Trinajstić information content (AvgIpc) is 3.31. The highest BCUT2D eigenvalue weighted by Gasteiger charge is 2.35. The summed E-state index contributed by atoms with van der Waals surface area (Å²) in [5, 5.41) is 0. The van der Waals surface area contributed by atoms with Crippen LogP contribution in [0.5, 0.6) is 0 Å². The van der Waals surface area contributed by atoms with Crippen LogP contribution in [0.1, 0.15) is 165 Å². The Morgan fingerprint density at radius 1 is 0.500 bits per heavy atom. The van der Waals surface area contributed by atoms with Crippen molar-refractivity contribution in [3.05, 3.63) is 86.5 Å². The summed E-state index contributed by atoms with van der Waals surface area (Å²) in [5.41, 5.74) is 24.2. The fraction of sp³-hybridized carbons (Fsp3) is 0.571. The smallest absolute Gasteiger partial charge is 0.223 e. The first-order chi connectivity index (χ1) is 21.5. The summed E-state index contributed by atoms with van der Waals surface area (Å²) in [6.45, 7) is 13.5. The summed E-state index contributed by atoms with van der Waals surface area (Å²) >= 11 is 0. The molecule has 2 aromatic rings. The maximum absolute atomic E-state index is 12.3. The highest BCUT2D eigenvalue weighted by Crippen LogP contribution is 2.43. The van der Waals surface area contributed by atoms with E-state index in [9.17, 15) is 5.53 Å². The van der Waals surface area contributed by atoms with Gasteiger partial charge < -0.3 is 5.53 Å². The lowest BCUT2D eigenvalue weighted by atomic mass is 9.92. The van der Waals surface area contributed by atoms with Gasteiger partial charge in [0.25, 0.3) is 0 Å².